The van der Waals surface area contributed by atoms with Gasteiger partial charge in [-0.25, -0.2) is 0 Å². The average Bonchev–Trinajstić information content (AvgIpc) is 3.24. The molecule has 0 radical (unpaired) electrons. The van der Waals surface area contributed by atoms with Gasteiger partial charge in [-0.2, -0.15) is 5.10 Å². The molecule has 0 amide bonds. The third-order valence-electron chi connectivity index (χ3n) is 4.63. The zero-order valence-electron chi connectivity index (χ0n) is 12.5. The van der Waals surface area contributed by atoms with E-state index in [1.807, 2.05) is 18.7 Å². The summed E-state index contributed by atoms with van der Waals surface area (Å²) in [6.07, 6.45) is 5.31. The Morgan fingerprint density at radius 3 is 2.55 bits per heavy atom. The van der Waals surface area contributed by atoms with Crippen molar-refractivity contribution in [2.24, 2.45) is 13.0 Å². The first-order valence-electron chi connectivity index (χ1n) is 7.78. The van der Waals surface area contributed by atoms with Crippen molar-refractivity contribution < 1.29 is 0 Å². The van der Waals surface area contributed by atoms with Crippen molar-refractivity contribution >= 4 is 11.6 Å². The Morgan fingerprint density at radius 2 is 2.00 bits per heavy atom. The van der Waals surface area contributed by atoms with Gasteiger partial charge >= 0.3 is 0 Å². The van der Waals surface area contributed by atoms with Gasteiger partial charge in [0.15, 0.2) is 0 Å². The number of nitrogens with one attached hydrogen (secondary N) is 1. The molecule has 1 saturated heterocycles. The van der Waals surface area contributed by atoms with Gasteiger partial charge in [-0.15, -0.1) is 0 Å². The van der Waals surface area contributed by atoms with E-state index in [2.05, 4.69) is 15.3 Å². The monoisotopic (exact) mass is 296 g/mol. The lowest BCUT2D eigenvalue weighted by molar-refractivity contribution is 0.186. The Labute approximate surface area is 126 Å². The summed E-state index contributed by atoms with van der Waals surface area (Å²) in [5.41, 5.74) is 2.12. The van der Waals surface area contributed by atoms with Gasteiger partial charge in [-0.05, 0) is 51.6 Å². The zero-order chi connectivity index (χ0) is 14.1. The highest BCUT2D eigenvalue weighted by molar-refractivity contribution is 6.31. The summed E-state index contributed by atoms with van der Waals surface area (Å²) < 4.78 is 1.95. The molecule has 4 nitrogen and oxygen atoms in total. The molecule has 5 heteroatoms. The second-order valence-corrected chi connectivity index (χ2v) is 6.70. The van der Waals surface area contributed by atoms with Crippen LogP contribution in [0, 0.1) is 12.8 Å². The van der Waals surface area contributed by atoms with E-state index in [1.54, 1.807) is 0 Å². The molecular formula is C15H25ClN4. The first-order chi connectivity index (χ1) is 9.65. The van der Waals surface area contributed by atoms with Gasteiger partial charge in [-0.3, -0.25) is 9.58 Å². The van der Waals surface area contributed by atoms with Crippen LogP contribution in [-0.2, 0) is 13.6 Å². The first kappa shape index (κ1) is 14.4. The summed E-state index contributed by atoms with van der Waals surface area (Å²) in [6.45, 7) is 6.50. The van der Waals surface area contributed by atoms with E-state index >= 15 is 0 Å². The largest absolute Gasteiger partial charge is 0.317 e. The van der Waals surface area contributed by atoms with Crippen LogP contribution in [0.25, 0.3) is 0 Å². The second kappa shape index (κ2) is 6.04. The third kappa shape index (κ3) is 3.18. The molecule has 0 atom stereocenters. The maximum Gasteiger partial charge on any atom is 0.0860 e. The van der Waals surface area contributed by atoms with E-state index < -0.39 is 0 Å². The molecule has 2 heterocycles. The highest BCUT2D eigenvalue weighted by atomic mass is 35.5. The second-order valence-electron chi connectivity index (χ2n) is 6.32. The van der Waals surface area contributed by atoms with Gasteiger partial charge in [0.1, 0.15) is 0 Å². The van der Waals surface area contributed by atoms with Crippen molar-refractivity contribution in [2.75, 3.05) is 19.6 Å². The Hall–Kier alpha value is -0.580. The number of hydrogen-bond donors (Lipinski definition) is 1. The summed E-state index contributed by atoms with van der Waals surface area (Å²) >= 11 is 6.41. The van der Waals surface area contributed by atoms with Gasteiger partial charge in [0.2, 0.25) is 0 Å². The van der Waals surface area contributed by atoms with Crippen molar-refractivity contribution in [2.45, 2.75) is 45.2 Å². The molecule has 3 rings (SSSR count). The van der Waals surface area contributed by atoms with E-state index in [0.29, 0.717) is 0 Å². The number of halogens is 1. The lowest BCUT2D eigenvalue weighted by atomic mass is 9.97. The van der Waals surface area contributed by atoms with Crippen LogP contribution >= 0.6 is 11.6 Å². The van der Waals surface area contributed by atoms with Crippen molar-refractivity contribution in [3.8, 4) is 0 Å². The van der Waals surface area contributed by atoms with Crippen molar-refractivity contribution in [3.63, 3.8) is 0 Å². The molecule has 112 valence electrons. The minimum absolute atomic E-state index is 0.774. The van der Waals surface area contributed by atoms with Crippen LogP contribution in [0.4, 0.5) is 0 Å². The SMILES string of the molecule is Cc1nn(C)c(CN(CC2CCNCC2)C2CC2)c1Cl. The number of hydrogen-bond acceptors (Lipinski definition) is 3. The van der Waals surface area contributed by atoms with Gasteiger partial charge < -0.3 is 5.32 Å². The molecule has 2 fully saturated rings. The predicted molar refractivity (Wildman–Crippen MR) is 82.0 cm³/mol. The number of piperidine rings is 1. The molecule has 1 aromatic heterocycles. The van der Waals surface area contributed by atoms with Crippen LogP contribution in [0.15, 0.2) is 0 Å². The molecule has 1 aliphatic carbocycles. The number of aryl methyl sites for hydroxylation is 2. The minimum atomic E-state index is 0.774. The lowest BCUT2D eigenvalue weighted by Gasteiger charge is -2.30. The molecule has 20 heavy (non-hydrogen) atoms. The number of rotatable bonds is 5. The van der Waals surface area contributed by atoms with Gasteiger partial charge in [0.25, 0.3) is 0 Å². The first-order valence-corrected chi connectivity index (χ1v) is 8.15. The van der Waals surface area contributed by atoms with Gasteiger partial charge in [-0.1, -0.05) is 11.6 Å². The van der Waals surface area contributed by atoms with E-state index in [0.717, 1.165) is 29.2 Å². The Bertz CT molecular complexity index is 461. The lowest BCUT2D eigenvalue weighted by Crippen LogP contribution is -2.37. The highest BCUT2D eigenvalue weighted by Crippen LogP contribution is 2.32. The molecule has 0 unspecified atom stereocenters. The number of nitrogens with zero attached hydrogens (tertiary/aromatic N) is 3. The molecule has 2 aliphatic rings. The van der Waals surface area contributed by atoms with E-state index in [4.69, 9.17) is 11.6 Å². The molecule has 1 aliphatic heterocycles. The van der Waals surface area contributed by atoms with Crippen LogP contribution in [0.2, 0.25) is 5.02 Å². The average molecular weight is 297 g/mol. The molecule has 1 N–H and O–H groups in total. The normalized spacial score (nSPS) is 20.8. The molecule has 1 aromatic rings. The topological polar surface area (TPSA) is 33.1 Å². The van der Waals surface area contributed by atoms with E-state index in [9.17, 15) is 0 Å². The fraction of sp³-hybridized carbons (Fsp3) is 0.800. The van der Waals surface area contributed by atoms with E-state index in [1.165, 1.54) is 51.0 Å². The molecule has 0 aromatic carbocycles. The summed E-state index contributed by atoms with van der Waals surface area (Å²) in [7, 11) is 2.00. The molecule has 0 spiro atoms. The Morgan fingerprint density at radius 1 is 1.30 bits per heavy atom. The quantitative estimate of drug-likeness (QED) is 0.905. The summed E-state index contributed by atoms with van der Waals surface area (Å²) in [5, 5.41) is 8.74. The fourth-order valence-corrected chi connectivity index (χ4v) is 3.44. The van der Waals surface area contributed by atoms with Crippen LogP contribution in [0.5, 0.6) is 0 Å². The van der Waals surface area contributed by atoms with Crippen LogP contribution in [0.3, 0.4) is 0 Å². The smallest absolute Gasteiger partial charge is 0.0860 e. The highest BCUT2D eigenvalue weighted by Gasteiger charge is 2.32. The van der Waals surface area contributed by atoms with Crippen LogP contribution < -0.4 is 5.32 Å². The minimum Gasteiger partial charge on any atom is -0.317 e. The van der Waals surface area contributed by atoms with Gasteiger partial charge in [0, 0.05) is 26.2 Å². The molecular weight excluding hydrogens is 272 g/mol. The Balaban J connectivity index is 1.67. The fourth-order valence-electron chi connectivity index (χ4n) is 3.22. The Kier molecular flexibility index (Phi) is 4.34. The van der Waals surface area contributed by atoms with Crippen LogP contribution in [0.1, 0.15) is 37.1 Å². The number of aromatic nitrogens is 2. The van der Waals surface area contributed by atoms with Crippen molar-refractivity contribution in [1.82, 2.24) is 20.0 Å². The van der Waals surface area contributed by atoms with Crippen molar-refractivity contribution in [3.05, 3.63) is 16.4 Å². The summed E-state index contributed by atoms with van der Waals surface area (Å²) in [5.74, 6) is 0.838. The molecule has 1 saturated carbocycles. The summed E-state index contributed by atoms with van der Waals surface area (Å²) in [4.78, 5) is 2.64. The van der Waals surface area contributed by atoms with E-state index in [-0.39, 0.29) is 0 Å². The zero-order valence-corrected chi connectivity index (χ0v) is 13.3. The summed E-state index contributed by atoms with van der Waals surface area (Å²) in [6, 6.07) is 0.774. The van der Waals surface area contributed by atoms with Gasteiger partial charge in [0.05, 0.1) is 16.4 Å². The maximum absolute atomic E-state index is 6.41. The maximum atomic E-state index is 6.41. The third-order valence-corrected chi connectivity index (χ3v) is 5.12. The molecule has 0 bridgehead atoms. The van der Waals surface area contributed by atoms with Crippen LogP contribution in [-0.4, -0.2) is 40.4 Å². The van der Waals surface area contributed by atoms with Crippen molar-refractivity contribution in [1.29, 1.82) is 0 Å². The predicted octanol–water partition coefficient (Wildman–Crippen LogP) is 2.35. The standard InChI is InChI=1S/C15H25ClN4/c1-11-15(16)14(19(2)18-11)10-20(13-3-4-13)9-12-5-7-17-8-6-12/h12-13,17H,3-10H2,1-2H3.